The lowest BCUT2D eigenvalue weighted by atomic mass is 10.2. The summed E-state index contributed by atoms with van der Waals surface area (Å²) in [4.78, 5) is 13.2. The molecule has 94 valence electrons. The Balaban J connectivity index is 2.17. The first-order valence-electron chi connectivity index (χ1n) is 5.78. The van der Waals surface area contributed by atoms with Crippen molar-refractivity contribution in [2.75, 3.05) is 26.7 Å². The highest BCUT2D eigenvalue weighted by atomic mass is 16.5. The normalized spacial score (nSPS) is 23.2. The van der Waals surface area contributed by atoms with Crippen LogP contribution in [0.3, 0.4) is 0 Å². The van der Waals surface area contributed by atoms with Gasteiger partial charge in [-0.15, -0.1) is 0 Å². The third-order valence-electron chi connectivity index (χ3n) is 2.65. The van der Waals surface area contributed by atoms with E-state index in [1.54, 1.807) is 11.9 Å². The van der Waals surface area contributed by atoms with Crippen molar-refractivity contribution in [2.45, 2.75) is 38.5 Å². The van der Waals surface area contributed by atoms with E-state index in [1.165, 1.54) is 0 Å². The summed E-state index contributed by atoms with van der Waals surface area (Å²) < 4.78 is 5.28. The second-order valence-corrected chi connectivity index (χ2v) is 4.55. The highest BCUT2D eigenvalue weighted by Gasteiger charge is 2.28. The molecule has 0 aliphatic carbocycles. The summed E-state index contributed by atoms with van der Waals surface area (Å²) in [5.41, 5.74) is 0. The number of nitrogens with zero attached hydrogens (tertiary/aromatic N) is 1. The van der Waals surface area contributed by atoms with Gasteiger partial charge in [-0.1, -0.05) is 0 Å². The van der Waals surface area contributed by atoms with Gasteiger partial charge in [-0.3, -0.25) is 4.79 Å². The van der Waals surface area contributed by atoms with Crippen LogP contribution in [0.2, 0.25) is 0 Å². The third-order valence-corrected chi connectivity index (χ3v) is 2.65. The average Bonchev–Trinajstić information content (AvgIpc) is 2.54. The van der Waals surface area contributed by atoms with Crippen LogP contribution >= 0.6 is 0 Å². The van der Waals surface area contributed by atoms with Crippen molar-refractivity contribution >= 4 is 5.91 Å². The Morgan fingerprint density at radius 2 is 2.31 bits per heavy atom. The van der Waals surface area contributed by atoms with E-state index >= 15 is 0 Å². The van der Waals surface area contributed by atoms with E-state index in [4.69, 9.17) is 4.74 Å². The van der Waals surface area contributed by atoms with Gasteiger partial charge in [0.1, 0.15) is 0 Å². The number of carbonyl (C=O) groups excluding carboxylic acids is 1. The van der Waals surface area contributed by atoms with Crippen molar-refractivity contribution in [1.29, 1.82) is 0 Å². The van der Waals surface area contributed by atoms with Gasteiger partial charge in [0.15, 0.2) is 0 Å². The fourth-order valence-corrected chi connectivity index (χ4v) is 1.65. The third kappa shape index (κ3) is 4.08. The predicted molar refractivity (Wildman–Crippen MR) is 61.1 cm³/mol. The molecule has 0 aromatic heterocycles. The van der Waals surface area contributed by atoms with Crippen molar-refractivity contribution in [3.63, 3.8) is 0 Å². The van der Waals surface area contributed by atoms with Crippen LogP contribution in [0.15, 0.2) is 0 Å². The van der Waals surface area contributed by atoms with Crippen LogP contribution in [-0.2, 0) is 9.53 Å². The summed E-state index contributed by atoms with van der Waals surface area (Å²) in [6, 6.07) is -0.140. The van der Waals surface area contributed by atoms with Gasteiger partial charge in [-0.25, -0.2) is 0 Å². The molecule has 0 saturated carbocycles. The van der Waals surface area contributed by atoms with E-state index in [0.29, 0.717) is 13.2 Å². The summed E-state index contributed by atoms with van der Waals surface area (Å²) >= 11 is 0. The molecule has 1 amide bonds. The number of likely N-dealkylation sites (tertiary alicyclic amines) is 1. The fourth-order valence-electron chi connectivity index (χ4n) is 1.65. The molecule has 0 spiro atoms. The molecule has 1 aliphatic rings. The van der Waals surface area contributed by atoms with Gasteiger partial charge in [0.05, 0.1) is 24.9 Å². The molecule has 1 aliphatic heterocycles. The van der Waals surface area contributed by atoms with Gasteiger partial charge in [-0.05, 0) is 20.3 Å². The number of rotatable bonds is 6. The standard InChI is InChI=1S/C11H22N2O3/c1-8(2)16-7-9(14)6-12-10-4-5-13(3)11(10)15/h8-10,12,14H,4-7H2,1-3H3. The predicted octanol–water partition coefficient (Wildman–Crippen LogP) is -0.407. The lowest BCUT2D eigenvalue weighted by Gasteiger charge is -2.17. The zero-order valence-corrected chi connectivity index (χ0v) is 10.3. The summed E-state index contributed by atoms with van der Waals surface area (Å²) in [5, 5.41) is 12.7. The topological polar surface area (TPSA) is 61.8 Å². The van der Waals surface area contributed by atoms with Crippen LogP contribution in [0, 0.1) is 0 Å². The molecule has 5 nitrogen and oxygen atoms in total. The molecule has 2 atom stereocenters. The van der Waals surface area contributed by atoms with E-state index in [2.05, 4.69) is 5.32 Å². The molecule has 0 bridgehead atoms. The summed E-state index contributed by atoms with van der Waals surface area (Å²) in [6.45, 7) is 5.35. The Kier molecular flexibility index (Phi) is 5.18. The first-order chi connectivity index (χ1) is 7.50. The molecule has 16 heavy (non-hydrogen) atoms. The van der Waals surface area contributed by atoms with Crippen LogP contribution in [0.4, 0.5) is 0 Å². The highest BCUT2D eigenvalue weighted by molar-refractivity contribution is 5.83. The van der Waals surface area contributed by atoms with E-state index in [0.717, 1.165) is 13.0 Å². The van der Waals surface area contributed by atoms with Gasteiger partial charge >= 0.3 is 0 Å². The molecule has 5 heteroatoms. The van der Waals surface area contributed by atoms with Crippen molar-refractivity contribution < 1.29 is 14.6 Å². The van der Waals surface area contributed by atoms with E-state index in [1.807, 2.05) is 13.8 Å². The molecule has 2 unspecified atom stereocenters. The number of ether oxygens (including phenoxy) is 1. The first-order valence-corrected chi connectivity index (χ1v) is 5.78. The number of carbonyl (C=O) groups is 1. The zero-order valence-electron chi connectivity index (χ0n) is 10.3. The number of hydrogen-bond acceptors (Lipinski definition) is 4. The summed E-state index contributed by atoms with van der Waals surface area (Å²) in [5.74, 6) is 0.108. The van der Waals surface area contributed by atoms with Gasteiger partial charge in [0, 0.05) is 20.1 Å². The Morgan fingerprint density at radius 1 is 1.62 bits per heavy atom. The largest absolute Gasteiger partial charge is 0.389 e. The Labute approximate surface area is 96.8 Å². The Morgan fingerprint density at radius 3 is 2.81 bits per heavy atom. The second-order valence-electron chi connectivity index (χ2n) is 4.55. The molecule has 1 saturated heterocycles. The second kappa shape index (κ2) is 6.18. The lowest BCUT2D eigenvalue weighted by Crippen LogP contribution is -2.42. The van der Waals surface area contributed by atoms with Crippen LogP contribution in [0.25, 0.3) is 0 Å². The Hall–Kier alpha value is -0.650. The van der Waals surface area contributed by atoms with Gasteiger partial charge in [0.2, 0.25) is 5.91 Å². The van der Waals surface area contributed by atoms with E-state index < -0.39 is 6.10 Å². The quantitative estimate of drug-likeness (QED) is 0.651. The molecular formula is C11H22N2O3. The number of amides is 1. The number of aliphatic hydroxyl groups is 1. The average molecular weight is 230 g/mol. The van der Waals surface area contributed by atoms with Gasteiger partial charge in [-0.2, -0.15) is 0 Å². The monoisotopic (exact) mass is 230 g/mol. The molecule has 1 fully saturated rings. The molecule has 0 aromatic rings. The smallest absolute Gasteiger partial charge is 0.239 e. The maximum absolute atomic E-state index is 11.5. The molecule has 2 N–H and O–H groups in total. The van der Waals surface area contributed by atoms with Gasteiger partial charge < -0.3 is 20.1 Å². The molecular weight excluding hydrogens is 208 g/mol. The molecule has 1 heterocycles. The van der Waals surface area contributed by atoms with Crippen LogP contribution in [0.1, 0.15) is 20.3 Å². The number of aliphatic hydroxyl groups excluding tert-OH is 1. The highest BCUT2D eigenvalue weighted by Crippen LogP contribution is 2.08. The number of nitrogens with one attached hydrogen (secondary N) is 1. The minimum Gasteiger partial charge on any atom is -0.389 e. The first kappa shape index (κ1) is 13.4. The zero-order chi connectivity index (χ0) is 12.1. The minimum absolute atomic E-state index is 0.108. The maximum atomic E-state index is 11.5. The van der Waals surface area contributed by atoms with Gasteiger partial charge in [0.25, 0.3) is 0 Å². The maximum Gasteiger partial charge on any atom is 0.239 e. The number of hydrogen-bond donors (Lipinski definition) is 2. The molecule has 0 radical (unpaired) electrons. The Bertz CT molecular complexity index is 233. The van der Waals surface area contributed by atoms with Crippen molar-refractivity contribution in [3.05, 3.63) is 0 Å². The fraction of sp³-hybridized carbons (Fsp3) is 0.909. The lowest BCUT2D eigenvalue weighted by molar-refractivity contribution is -0.128. The summed E-state index contributed by atoms with van der Waals surface area (Å²) in [7, 11) is 1.79. The minimum atomic E-state index is -0.555. The molecule has 1 rings (SSSR count). The van der Waals surface area contributed by atoms with Crippen LogP contribution in [0.5, 0.6) is 0 Å². The summed E-state index contributed by atoms with van der Waals surface area (Å²) in [6.07, 6.45) is 0.377. The SMILES string of the molecule is CC(C)OCC(O)CNC1CCN(C)C1=O. The van der Waals surface area contributed by atoms with Crippen LogP contribution < -0.4 is 5.32 Å². The van der Waals surface area contributed by atoms with Crippen molar-refractivity contribution in [3.8, 4) is 0 Å². The van der Waals surface area contributed by atoms with Crippen molar-refractivity contribution in [2.24, 2.45) is 0 Å². The van der Waals surface area contributed by atoms with Crippen molar-refractivity contribution in [1.82, 2.24) is 10.2 Å². The van der Waals surface area contributed by atoms with Crippen LogP contribution in [-0.4, -0.2) is 60.9 Å². The van der Waals surface area contributed by atoms with E-state index in [-0.39, 0.29) is 18.1 Å². The van der Waals surface area contributed by atoms with E-state index in [9.17, 15) is 9.90 Å². The molecule has 0 aromatic carbocycles. The number of likely N-dealkylation sites (N-methyl/N-ethyl adjacent to an activating group) is 1.